The van der Waals surface area contributed by atoms with Crippen LogP contribution >= 0.6 is 0 Å². The van der Waals surface area contributed by atoms with E-state index in [1.807, 2.05) is 25.1 Å². The first kappa shape index (κ1) is 22.0. The number of likely N-dealkylation sites (tertiary alicyclic amines) is 1. The number of nitrogens with zero attached hydrogens (tertiary/aromatic N) is 1. The van der Waals surface area contributed by atoms with E-state index in [1.165, 1.54) is 0 Å². The highest BCUT2D eigenvalue weighted by Gasteiger charge is 2.31. The summed E-state index contributed by atoms with van der Waals surface area (Å²) in [4.78, 5) is 27.8. The number of ketones is 1. The molecule has 5 nitrogen and oxygen atoms in total. The number of amides is 1. The van der Waals surface area contributed by atoms with Gasteiger partial charge in [0.15, 0.2) is 5.78 Å². The lowest BCUT2D eigenvalue weighted by Gasteiger charge is -2.35. The molecule has 2 atom stereocenters. The van der Waals surface area contributed by atoms with Gasteiger partial charge in [-0.2, -0.15) is 0 Å². The first-order chi connectivity index (χ1) is 14.5. The number of phenolic OH excluding ortho intramolecular Hbond substituents is 1. The molecule has 160 valence electrons. The SMILES string of the molecule is CCCC(NC(=O)C(C)N1CCC(C(=O)c2ccc(O)cc2)CC1)c1ccccc1. The summed E-state index contributed by atoms with van der Waals surface area (Å²) in [5.41, 5.74) is 1.78. The highest BCUT2D eigenvalue weighted by molar-refractivity contribution is 5.98. The van der Waals surface area contributed by atoms with E-state index in [9.17, 15) is 14.7 Å². The molecule has 1 aliphatic rings. The number of nitrogens with one attached hydrogen (secondary N) is 1. The summed E-state index contributed by atoms with van der Waals surface area (Å²) in [6.45, 7) is 5.53. The largest absolute Gasteiger partial charge is 0.508 e. The Morgan fingerprint density at radius 2 is 1.70 bits per heavy atom. The summed E-state index contributed by atoms with van der Waals surface area (Å²) in [5.74, 6) is 0.302. The molecule has 2 aromatic carbocycles. The quantitative estimate of drug-likeness (QED) is 0.638. The van der Waals surface area contributed by atoms with Crippen LogP contribution in [0.15, 0.2) is 54.6 Å². The van der Waals surface area contributed by atoms with Crippen molar-refractivity contribution in [2.45, 2.75) is 51.6 Å². The Bertz CT molecular complexity index is 827. The van der Waals surface area contributed by atoms with E-state index in [0.29, 0.717) is 5.56 Å². The number of hydrogen-bond acceptors (Lipinski definition) is 4. The van der Waals surface area contributed by atoms with Crippen LogP contribution in [0.5, 0.6) is 5.75 Å². The van der Waals surface area contributed by atoms with Gasteiger partial charge in [0.25, 0.3) is 0 Å². The van der Waals surface area contributed by atoms with E-state index in [0.717, 1.165) is 44.3 Å². The van der Waals surface area contributed by atoms with Crippen molar-refractivity contribution in [2.24, 2.45) is 5.92 Å². The molecule has 1 amide bonds. The molecule has 0 spiro atoms. The van der Waals surface area contributed by atoms with Crippen LogP contribution in [0.3, 0.4) is 0 Å². The highest BCUT2D eigenvalue weighted by atomic mass is 16.3. The topological polar surface area (TPSA) is 69.6 Å². The van der Waals surface area contributed by atoms with Gasteiger partial charge in [0, 0.05) is 11.5 Å². The van der Waals surface area contributed by atoms with E-state index >= 15 is 0 Å². The molecule has 1 aliphatic heterocycles. The van der Waals surface area contributed by atoms with Crippen molar-refractivity contribution < 1.29 is 14.7 Å². The van der Waals surface area contributed by atoms with Crippen molar-refractivity contribution in [3.8, 4) is 5.75 Å². The monoisotopic (exact) mass is 408 g/mol. The third-order valence-corrected chi connectivity index (χ3v) is 6.08. The smallest absolute Gasteiger partial charge is 0.237 e. The van der Waals surface area contributed by atoms with Crippen LogP contribution in [0.2, 0.25) is 0 Å². The molecule has 2 unspecified atom stereocenters. The van der Waals surface area contributed by atoms with E-state index in [2.05, 4.69) is 29.3 Å². The van der Waals surface area contributed by atoms with Crippen LogP contribution in [-0.2, 0) is 4.79 Å². The maximum absolute atomic E-state index is 12.9. The molecular formula is C25H32N2O3. The number of rotatable bonds is 8. The third kappa shape index (κ3) is 5.48. The van der Waals surface area contributed by atoms with Gasteiger partial charge < -0.3 is 10.4 Å². The normalized spacial score (nSPS) is 17.3. The molecule has 0 aromatic heterocycles. The van der Waals surface area contributed by atoms with Gasteiger partial charge in [-0.25, -0.2) is 0 Å². The number of phenols is 1. The maximum Gasteiger partial charge on any atom is 0.237 e. The lowest BCUT2D eigenvalue weighted by atomic mass is 9.88. The number of piperidine rings is 1. The number of carbonyl (C=O) groups is 2. The van der Waals surface area contributed by atoms with Gasteiger partial charge in [0.1, 0.15) is 5.75 Å². The van der Waals surface area contributed by atoms with Gasteiger partial charge in [-0.15, -0.1) is 0 Å². The first-order valence-electron chi connectivity index (χ1n) is 10.9. The minimum Gasteiger partial charge on any atom is -0.508 e. The lowest BCUT2D eigenvalue weighted by molar-refractivity contribution is -0.127. The van der Waals surface area contributed by atoms with Crippen molar-refractivity contribution in [1.29, 1.82) is 0 Å². The zero-order valence-electron chi connectivity index (χ0n) is 17.9. The molecular weight excluding hydrogens is 376 g/mol. The standard InChI is InChI=1S/C25H32N2O3/c1-3-7-23(19-8-5-4-6-9-19)26-25(30)18(2)27-16-14-21(15-17-27)24(29)20-10-12-22(28)13-11-20/h4-6,8-13,18,21,23,28H,3,7,14-17H2,1-2H3,(H,26,30). The van der Waals surface area contributed by atoms with Gasteiger partial charge in [-0.3, -0.25) is 14.5 Å². The number of carbonyl (C=O) groups excluding carboxylic acids is 2. The molecule has 0 saturated carbocycles. The van der Waals surface area contributed by atoms with Crippen LogP contribution in [0.25, 0.3) is 0 Å². The van der Waals surface area contributed by atoms with Gasteiger partial charge in [-0.05, 0) is 69.1 Å². The van der Waals surface area contributed by atoms with Crippen molar-refractivity contribution in [2.75, 3.05) is 13.1 Å². The molecule has 0 bridgehead atoms. The molecule has 5 heteroatoms. The summed E-state index contributed by atoms with van der Waals surface area (Å²) < 4.78 is 0. The third-order valence-electron chi connectivity index (χ3n) is 6.08. The summed E-state index contributed by atoms with van der Waals surface area (Å²) in [5, 5.41) is 12.6. The average Bonchev–Trinajstić information content (AvgIpc) is 2.79. The van der Waals surface area contributed by atoms with E-state index in [-0.39, 0.29) is 35.4 Å². The maximum atomic E-state index is 12.9. The van der Waals surface area contributed by atoms with Crippen molar-refractivity contribution in [1.82, 2.24) is 10.2 Å². The molecule has 3 rings (SSSR count). The summed E-state index contributed by atoms with van der Waals surface area (Å²) in [7, 11) is 0. The second-order valence-electron chi connectivity index (χ2n) is 8.16. The second-order valence-corrected chi connectivity index (χ2v) is 8.16. The number of hydrogen-bond donors (Lipinski definition) is 2. The number of Topliss-reactive ketones (excluding diaryl/α,β-unsaturated/α-hetero) is 1. The van der Waals surface area contributed by atoms with Crippen molar-refractivity contribution in [3.05, 3.63) is 65.7 Å². The molecule has 1 heterocycles. The molecule has 30 heavy (non-hydrogen) atoms. The molecule has 1 fully saturated rings. The Balaban J connectivity index is 1.55. The van der Waals surface area contributed by atoms with Crippen molar-refractivity contribution >= 4 is 11.7 Å². The molecule has 2 aromatic rings. The van der Waals surface area contributed by atoms with Crippen LogP contribution in [0.1, 0.15) is 61.5 Å². The van der Waals surface area contributed by atoms with E-state index < -0.39 is 0 Å². The molecule has 2 N–H and O–H groups in total. The van der Waals surface area contributed by atoms with Crippen molar-refractivity contribution in [3.63, 3.8) is 0 Å². The predicted molar refractivity (Wildman–Crippen MR) is 118 cm³/mol. The predicted octanol–water partition coefficient (Wildman–Crippen LogP) is 4.33. The number of aromatic hydroxyl groups is 1. The van der Waals surface area contributed by atoms with Crippen LogP contribution < -0.4 is 5.32 Å². The Morgan fingerprint density at radius 3 is 2.30 bits per heavy atom. The summed E-state index contributed by atoms with van der Waals surface area (Å²) in [6, 6.07) is 16.4. The Labute approximate surface area is 179 Å². The molecule has 1 saturated heterocycles. The van der Waals surface area contributed by atoms with Crippen LogP contribution in [0, 0.1) is 5.92 Å². The average molecular weight is 409 g/mol. The second kappa shape index (κ2) is 10.4. The Kier molecular flexibility index (Phi) is 7.63. The Morgan fingerprint density at radius 1 is 1.07 bits per heavy atom. The van der Waals surface area contributed by atoms with Gasteiger partial charge in [0.05, 0.1) is 12.1 Å². The first-order valence-corrected chi connectivity index (χ1v) is 10.9. The zero-order valence-corrected chi connectivity index (χ0v) is 17.9. The lowest BCUT2D eigenvalue weighted by Crippen LogP contribution is -2.49. The van der Waals surface area contributed by atoms with Gasteiger partial charge in [-0.1, -0.05) is 43.7 Å². The summed E-state index contributed by atoms with van der Waals surface area (Å²) >= 11 is 0. The van der Waals surface area contributed by atoms with E-state index in [4.69, 9.17) is 0 Å². The summed E-state index contributed by atoms with van der Waals surface area (Å²) in [6.07, 6.45) is 3.40. The number of benzene rings is 2. The zero-order chi connectivity index (χ0) is 21.5. The minimum absolute atomic E-state index is 0.0276. The molecule has 0 radical (unpaired) electrons. The van der Waals surface area contributed by atoms with E-state index in [1.54, 1.807) is 24.3 Å². The van der Waals surface area contributed by atoms with Gasteiger partial charge in [0.2, 0.25) is 5.91 Å². The van der Waals surface area contributed by atoms with Gasteiger partial charge >= 0.3 is 0 Å². The van der Waals surface area contributed by atoms with Crippen LogP contribution in [0.4, 0.5) is 0 Å². The fourth-order valence-electron chi connectivity index (χ4n) is 4.16. The van der Waals surface area contributed by atoms with Crippen LogP contribution in [-0.4, -0.2) is 40.8 Å². The highest BCUT2D eigenvalue weighted by Crippen LogP contribution is 2.25. The molecule has 0 aliphatic carbocycles. The fraction of sp³-hybridized carbons (Fsp3) is 0.440. The fourth-order valence-corrected chi connectivity index (χ4v) is 4.16. The minimum atomic E-state index is -0.224. The Hall–Kier alpha value is -2.66.